The fourth-order valence-corrected chi connectivity index (χ4v) is 3.24. The average molecular weight is 354 g/mol. The maximum Gasteiger partial charge on any atom is 0.251 e. The van der Waals surface area contributed by atoms with Crippen LogP contribution in [0.25, 0.3) is 0 Å². The molecule has 0 aliphatic heterocycles. The second-order valence-corrected chi connectivity index (χ2v) is 6.68. The van der Waals surface area contributed by atoms with Crippen molar-refractivity contribution in [2.45, 2.75) is 46.1 Å². The lowest BCUT2D eigenvalue weighted by molar-refractivity contribution is -0.120. The molecule has 4 N–H and O–H groups in total. The molecule has 0 aromatic heterocycles. The molecule has 1 aliphatic rings. The number of rotatable bonds is 5. The van der Waals surface area contributed by atoms with E-state index in [1.807, 2.05) is 26.8 Å². The minimum Gasteiger partial charge on any atom is -0.350 e. The Morgan fingerprint density at radius 3 is 2.58 bits per heavy atom. The Morgan fingerprint density at radius 1 is 1.29 bits per heavy atom. The Hall–Kier alpha value is -1.59. The first-order valence-electron chi connectivity index (χ1n) is 8.34. The lowest BCUT2D eigenvalue weighted by atomic mass is 9.95. The minimum absolute atomic E-state index is 0. The van der Waals surface area contributed by atoms with Crippen LogP contribution in [0.4, 0.5) is 5.69 Å². The average Bonchev–Trinajstić information content (AvgIpc) is 2.95. The van der Waals surface area contributed by atoms with Crippen LogP contribution in [0.15, 0.2) is 18.2 Å². The first kappa shape index (κ1) is 20.5. The number of halogens is 1. The fraction of sp³-hybridized carbons (Fsp3) is 0.556. The van der Waals surface area contributed by atoms with Crippen LogP contribution >= 0.6 is 12.4 Å². The number of nitrogens with one attached hydrogen (secondary N) is 2. The van der Waals surface area contributed by atoms with Gasteiger partial charge in [0, 0.05) is 23.2 Å². The lowest BCUT2D eigenvalue weighted by Crippen LogP contribution is -2.31. The topological polar surface area (TPSA) is 84.2 Å². The van der Waals surface area contributed by atoms with Crippen molar-refractivity contribution in [2.24, 2.45) is 17.6 Å². The highest BCUT2D eigenvalue weighted by Crippen LogP contribution is 2.32. The number of nitrogens with two attached hydrogens (primary N) is 1. The van der Waals surface area contributed by atoms with Gasteiger partial charge in [-0.1, -0.05) is 6.42 Å². The normalized spacial score (nSPS) is 19.7. The predicted octanol–water partition coefficient (Wildman–Crippen LogP) is 2.87. The van der Waals surface area contributed by atoms with Gasteiger partial charge < -0.3 is 16.4 Å². The molecule has 0 radical (unpaired) electrons. The number of carbonyl (C=O) groups is 2. The van der Waals surface area contributed by atoms with E-state index in [4.69, 9.17) is 5.73 Å². The molecule has 0 bridgehead atoms. The summed E-state index contributed by atoms with van der Waals surface area (Å²) in [5.74, 6) is 0.238. The smallest absolute Gasteiger partial charge is 0.251 e. The summed E-state index contributed by atoms with van der Waals surface area (Å²) in [5.41, 5.74) is 7.97. The summed E-state index contributed by atoms with van der Waals surface area (Å²) in [6.07, 6.45) is 3.00. The number of anilines is 1. The molecule has 1 aliphatic carbocycles. The van der Waals surface area contributed by atoms with Crippen molar-refractivity contribution in [3.05, 3.63) is 29.3 Å². The summed E-state index contributed by atoms with van der Waals surface area (Å²) < 4.78 is 0. The number of aryl methyl sites for hydroxylation is 1. The molecule has 1 aromatic carbocycles. The van der Waals surface area contributed by atoms with Gasteiger partial charge in [0.1, 0.15) is 0 Å². The van der Waals surface area contributed by atoms with E-state index >= 15 is 0 Å². The van der Waals surface area contributed by atoms with E-state index in [0.29, 0.717) is 12.1 Å². The van der Waals surface area contributed by atoms with Gasteiger partial charge in [-0.25, -0.2) is 0 Å². The number of hydrogen-bond donors (Lipinski definition) is 3. The monoisotopic (exact) mass is 353 g/mol. The Labute approximate surface area is 150 Å². The van der Waals surface area contributed by atoms with Gasteiger partial charge >= 0.3 is 0 Å². The third-order valence-electron chi connectivity index (χ3n) is 4.46. The van der Waals surface area contributed by atoms with E-state index < -0.39 is 0 Å². The van der Waals surface area contributed by atoms with Crippen LogP contribution in [0, 0.1) is 18.8 Å². The van der Waals surface area contributed by atoms with Crippen LogP contribution in [0.1, 0.15) is 49.0 Å². The summed E-state index contributed by atoms with van der Waals surface area (Å²) in [7, 11) is 0. The molecule has 2 atom stereocenters. The van der Waals surface area contributed by atoms with E-state index in [9.17, 15) is 9.59 Å². The van der Waals surface area contributed by atoms with Crippen molar-refractivity contribution in [3.63, 3.8) is 0 Å². The summed E-state index contributed by atoms with van der Waals surface area (Å²) in [6.45, 7) is 6.29. The zero-order valence-corrected chi connectivity index (χ0v) is 15.4. The van der Waals surface area contributed by atoms with E-state index in [1.165, 1.54) is 0 Å². The third kappa shape index (κ3) is 4.95. The van der Waals surface area contributed by atoms with Crippen LogP contribution < -0.4 is 16.4 Å². The molecular weight excluding hydrogens is 326 g/mol. The van der Waals surface area contributed by atoms with Gasteiger partial charge in [0.2, 0.25) is 5.91 Å². The van der Waals surface area contributed by atoms with Crippen molar-refractivity contribution in [1.82, 2.24) is 5.32 Å². The summed E-state index contributed by atoms with van der Waals surface area (Å²) >= 11 is 0. The summed E-state index contributed by atoms with van der Waals surface area (Å²) in [4.78, 5) is 24.5. The molecule has 134 valence electrons. The SMILES string of the molecule is Cc1cc(NC(=O)[C@@H]2CCC[C@@H]2CN)ccc1C(=O)NC(C)C.Cl. The predicted molar refractivity (Wildman–Crippen MR) is 99.5 cm³/mol. The molecule has 1 fully saturated rings. The Bertz CT molecular complexity index is 590. The van der Waals surface area contributed by atoms with Crippen molar-refractivity contribution in [3.8, 4) is 0 Å². The van der Waals surface area contributed by atoms with Gasteiger partial charge in [0.25, 0.3) is 5.91 Å². The van der Waals surface area contributed by atoms with Crippen LogP contribution in [0.3, 0.4) is 0 Å². The Kier molecular flexibility index (Phi) is 7.70. The largest absolute Gasteiger partial charge is 0.350 e. The minimum atomic E-state index is -0.0886. The third-order valence-corrected chi connectivity index (χ3v) is 4.46. The molecule has 5 nitrogen and oxygen atoms in total. The van der Waals surface area contributed by atoms with Gasteiger partial charge in [-0.3, -0.25) is 9.59 Å². The van der Waals surface area contributed by atoms with Gasteiger partial charge in [-0.2, -0.15) is 0 Å². The van der Waals surface area contributed by atoms with Gasteiger partial charge in [0.15, 0.2) is 0 Å². The number of hydrogen-bond acceptors (Lipinski definition) is 3. The summed E-state index contributed by atoms with van der Waals surface area (Å²) in [6, 6.07) is 5.49. The van der Waals surface area contributed by atoms with E-state index in [0.717, 1.165) is 30.5 Å². The molecule has 2 amide bonds. The van der Waals surface area contributed by atoms with E-state index in [2.05, 4.69) is 10.6 Å². The molecule has 1 aromatic rings. The maximum absolute atomic E-state index is 12.4. The van der Waals surface area contributed by atoms with E-state index in [1.54, 1.807) is 12.1 Å². The molecule has 0 spiro atoms. The molecule has 6 heteroatoms. The fourth-order valence-electron chi connectivity index (χ4n) is 3.24. The molecule has 24 heavy (non-hydrogen) atoms. The highest BCUT2D eigenvalue weighted by atomic mass is 35.5. The number of amides is 2. The van der Waals surface area contributed by atoms with Crippen LogP contribution in [-0.4, -0.2) is 24.4 Å². The standard InChI is InChI=1S/C18H27N3O2.ClH/c1-11(2)20-17(22)15-8-7-14(9-12(15)3)21-18(23)16-6-4-5-13(16)10-19;/h7-9,11,13,16H,4-6,10,19H2,1-3H3,(H,20,22)(H,21,23);1H/t13-,16-;/m1./s1. The highest BCUT2D eigenvalue weighted by molar-refractivity contribution is 5.97. The Balaban J connectivity index is 0.00000288. The lowest BCUT2D eigenvalue weighted by Gasteiger charge is -2.18. The van der Waals surface area contributed by atoms with Crippen LogP contribution in [0.5, 0.6) is 0 Å². The van der Waals surface area contributed by atoms with Gasteiger partial charge in [-0.05, 0) is 69.8 Å². The van der Waals surface area contributed by atoms with Crippen molar-refractivity contribution in [1.29, 1.82) is 0 Å². The molecule has 2 rings (SSSR count). The second kappa shape index (κ2) is 9.04. The van der Waals surface area contributed by atoms with Crippen LogP contribution in [-0.2, 0) is 4.79 Å². The summed E-state index contributed by atoms with van der Waals surface area (Å²) in [5, 5.41) is 5.85. The molecule has 1 saturated carbocycles. The first-order valence-corrected chi connectivity index (χ1v) is 8.34. The zero-order chi connectivity index (χ0) is 17.0. The zero-order valence-electron chi connectivity index (χ0n) is 14.6. The first-order chi connectivity index (χ1) is 10.9. The van der Waals surface area contributed by atoms with Crippen molar-refractivity contribution >= 4 is 29.9 Å². The highest BCUT2D eigenvalue weighted by Gasteiger charge is 2.31. The molecule has 0 unspecified atom stereocenters. The number of carbonyl (C=O) groups excluding carboxylic acids is 2. The molecule has 0 heterocycles. The van der Waals surface area contributed by atoms with Crippen LogP contribution in [0.2, 0.25) is 0 Å². The second-order valence-electron chi connectivity index (χ2n) is 6.68. The van der Waals surface area contributed by atoms with Gasteiger partial charge in [0.05, 0.1) is 0 Å². The quantitative estimate of drug-likeness (QED) is 0.761. The van der Waals surface area contributed by atoms with E-state index in [-0.39, 0.29) is 42.1 Å². The Morgan fingerprint density at radius 2 is 2.00 bits per heavy atom. The number of benzene rings is 1. The van der Waals surface area contributed by atoms with Crippen molar-refractivity contribution < 1.29 is 9.59 Å². The van der Waals surface area contributed by atoms with Gasteiger partial charge in [-0.15, -0.1) is 12.4 Å². The molecular formula is C18H28ClN3O2. The maximum atomic E-state index is 12.4. The van der Waals surface area contributed by atoms with Crippen molar-refractivity contribution in [2.75, 3.05) is 11.9 Å². The molecule has 0 saturated heterocycles.